The zero-order valence-corrected chi connectivity index (χ0v) is 12.1. The van der Waals surface area contributed by atoms with E-state index in [1.165, 1.54) is 24.8 Å². The lowest BCUT2D eigenvalue weighted by atomic mass is 9.89. The third-order valence-corrected chi connectivity index (χ3v) is 3.49. The number of unbranched alkanes of at least 4 members (excludes halogenated alkanes) is 2. The summed E-state index contributed by atoms with van der Waals surface area (Å²) in [4.78, 5) is 0. The number of hydrogen-bond donors (Lipinski definition) is 2. The molecule has 1 radical (unpaired) electrons. The molecule has 2 heteroatoms. The van der Waals surface area contributed by atoms with Crippen molar-refractivity contribution in [2.45, 2.75) is 51.9 Å². The summed E-state index contributed by atoms with van der Waals surface area (Å²) in [5.74, 6) is 1.03. The Balaban J connectivity index is 2.41. The van der Waals surface area contributed by atoms with Gasteiger partial charge in [0.15, 0.2) is 0 Å². The number of benzene rings is 1. The number of rotatable bonds is 10. The molecule has 1 rings (SSSR count). The van der Waals surface area contributed by atoms with Crippen LogP contribution in [0.3, 0.4) is 0 Å². The summed E-state index contributed by atoms with van der Waals surface area (Å²) in [5.41, 5.74) is 6.85. The van der Waals surface area contributed by atoms with E-state index in [1.807, 2.05) is 0 Å². The number of nitrogens with one attached hydrogen (secondary N) is 1. The van der Waals surface area contributed by atoms with Gasteiger partial charge in [-0.25, -0.2) is 0 Å². The van der Waals surface area contributed by atoms with Crippen LogP contribution in [0.25, 0.3) is 0 Å². The zero-order chi connectivity index (χ0) is 13.9. The van der Waals surface area contributed by atoms with E-state index in [9.17, 15) is 0 Å². The Morgan fingerprint density at radius 1 is 1.26 bits per heavy atom. The average Bonchev–Trinajstić information content (AvgIpc) is 2.39. The number of nitrogens with two attached hydrogens (primary N) is 1. The Kier molecular flexibility index (Phi) is 7.95. The molecule has 0 spiro atoms. The summed E-state index contributed by atoms with van der Waals surface area (Å²) in [7, 11) is 0. The SMILES string of the molecule is CC[CH]CCC(CCCC(=N)N)Cc1ccccc1. The first-order chi connectivity index (χ1) is 9.22. The van der Waals surface area contributed by atoms with Gasteiger partial charge in [0.1, 0.15) is 0 Å². The zero-order valence-electron chi connectivity index (χ0n) is 12.1. The third kappa shape index (κ3) is 7.66. The minimum Gasteiger partial charge on any atom is -0.388 e. The summed E-state index contributed by atoms with van der Waals surface area (Å²) >= 11 is 0. The third-order valence-electron chi connectivity index (χ3n) is 3.49. The molecule has 19 heavy (non-hydrogen) atoms. The van der Waals surface area contributed by atoms with Crippen LogP contribution in [0.1, 0.15) is 51.0 Å². The Morgan fingerprint density at radius 3 is 2.63 bits per heavy atom. The first-order valence-electron chi connectivity index (χ1n) is 7.40. The lowest BCUT2D eigenvalue weighted by Gasteiger charge is -2.16. The number of hydrogen-bond acceptors (Lipinski definition) is 1. The van der Waals surface area contributed by atoms with Gasteiger partial charge in [0, 0.05) is 6.42 Å². The van der Waals surface area contributed by atoms with Crippen LogP contribution in [-0.2, 0) is 6.42 Å². The summed E-state index contributed by atoms with van der Waals surface area (Å²) in [6, 6.07) is 10.7. The van der Waals surface area contributed by atoms with Gasteiger partial charge in [-0.15, -0.1) is 0 Å². The van der Waals surface area contributed by atoms with Crippen LogP contribution in [0, 0.1) is 17.7 Å². The van der Waals surface area contributed by atoms with Crippen molar-refractivity contribution in [3.63, 3.8) is 0 Å². The highest BCUT2D eigenvalue weighted by molar-refractivity contribution is 5.76. The fraction of sp³-hybridized carbons (Fsp3) is 0.529. The molecular weight excluding hydrogens is 232 g/mol. The van der Waals surface area contributed by atoms with Crippen molar-refractivity contribution in [1.82, 2.24) is 0 Å². The van der Waals surface area contributed by atoms with Crippen LogP contribution in [0.2, 0.25) is 0 Å². The molecule has 0 saturated heterocycles. The summed E-state index contributed by atoms with van der Waals surface area (Å²) in [6.07, 6.45) is 10.1. The second kappa shape index (κ2) is 9.60. The van der Waals surface area contributed by atoms with Gasteiger partial charge in [-0.05, 0) is 50.0 Å². The molecular formula is C17H27N2. The summed E-state index contributed by atoms with van der Waals surface area (Å²) < 4.78 is 0. The number of amidine groups is 1. The predicted molar refractivity (Wildman–Crippen MR) is 83.2 cm³/mol. The first kappa shape index (κ1) is 15.7. The Morgan fingerprint density at radius 2 is 2.00 bits per heavy atom. The lowest BCUT2D eigenvalue weighted by Crippen LogP contribution is -2.11. The first-order valence-corrected chi connectivity index (χ1v) is 7.40. The molecule has 1 aromatic rings. The van der Waals surface area contributed by atoms with Gasteiger partial charge >= 0.3 is 0 Å². The standard InChI is InChI=1S/C17H27N2/c1-2-3-5-9-16(12-8-13-17(18)19)14-15-10-6-4-7-11-15/h3-4,6-7,10-11,16H,2,5,8-9,12-14H2,1H3,(H3,18,19). The minimum atomic E-state index is 0.318. The molecule has 0 amide bonds. The Bertz CT molecular complexity index is 346. The van der Waals surface area contributed by atoms with Crippen LogP contribution in [-0.4, -0.2) is 5.84 Å². The van der Waals surface area contributed by atoms with Gasteiger partial charge in [0.05, 0.1) is 5.84 Å². The molecule has 0 saturated carbocycles. The maximum Gasteiger partial charge on any atom is 0.0905 e. The second-order valence-corrected chi connectivity index (χ2v) is 5.25. The van der Waals surface area contributed by atoms with E-state index in [1.54, 1.807) is 0 Å². The molecule has 0 fully saturated rings. The van der Waals surface area contributed by atoms with E-state index in [2.05, 4.69) is 43.7 Å². The quantitative estimate of drug-likeness (QED) is 0.366. The van der Waals surface area contributed by atoms with E-state index in [0.717, 1.165) is 25.7 Å². The van der Waals surface area contributed by atoms with E-state index >= 15 is 0 Å². The van der Waals surface area contributed by atoms with Gasteiger partial charge in [0.25, 0.3) is 0 Å². The van der Waals surface area contributed by atoms with E-state index < -0.39 is 0 Å². The molecule has 0 aliphatic heterocycles. The topological polar surface area (TPSA) is 49.9 Å². The van der Waals surface area contributed by atoms with Crippen LogP contribution in [0.15, 0.2) is 30.3 Å². The van der Waals surface area contributed by atoms with Crippen molar-refractivity contribution in [2.24, 2.45) is 11.7 Å². The molecule has 1 atom stereocenters. The maximum absolute atomic E-state index is 7.30. The van der Waals surface area contributed by atoms with E-state index in [0.29, 0.717) is 11.8 Å². The smallest absolute Gasteiger partial charge is 0.0905 e. The summed E-state index contributed by atoms with van der Waals surface area (Å²) in [5, 5.41) is 7.30. The molecule has 1 aromatic carbocycles. The molecule has 2 nitrogen and oxygen atoms in total. The van der Waals surface area contributed by atoms with Crippen molar-refractivity contribution in [3.8, 4) is 0 Å². The van der Waals surface area contributed by atoms with Gasteiger partial charge in [0.2, 0.25) is 0 Å². The van der Waals surface area contributed by atoms with Gasteiger partial charge in [-0.3, -0.25) is 5.41 Å². The van der Waals surface area contributed by atoms with Crippen LogP contribution < -0.4 is 5.73 Å². The summed E-state index contributed by atoms with van der Waals surface area (Å²) in [6.45, 7) is 2.20. The highest BCUT2D eigenvalue weighted by Crippen LogP contribution is 2.21. The predicted octanol–water partition coefficient (Wildman–Crippen LogP) is 4.35. The highest BCUT2D eigenvalue weighted by Gasteiger charge is 2.09. The van der Waals surface area contributed by atoms with Crippen molar-refractivity contribution < 1.29 is 0 Å². The van der Waals surface area contributed by atoms with Gasteiger partial charge in [-0.2, -0.15) is 0 Å². The fourth-order valence-corrected chi connectivity index (χ4v) is 2.43. The molecule has 105 valence electrons. The van der Waals surface area contributed by atoms with Gasteiger partial charge in [-0.1, -0.05) is 43.7 Å². The minimum absolute atomic E-state index is 0.318. The van der Waals surface area contributed by atoms with Crippen LogP contribution in [0.4, 0.5) is 0 Å². The molecule has 0 bridgehead atoms. The van der Waals surface area contributed by atoms with Crippen molar-refractivity contribution >= 4 is 5.84 Å². The van der Waals surface area contributed by atoms with Crippen molar-refractivity contribution in [2.75, 3.05) is 0 Å². The van der Waals surface area contributed by atoms with Crippen LogP contribution >= 0.6 is 0 Å². The largest absolute Gasteiger partial charge is 0.388 e. The normalized spacial score (nSPS) is 12.3. The maximum atomic E-state index is 7.30. The van der Waals surface area contributed by atoms with Crippen molar-refractivity contribution in [1.29, 1.82) is 5.41 Å². The van der Waals surface area contributed by atoms with Crippen molar-refractivity contribution in [3.05, 3.63) is 42.3 Å². The fourth-order valence-electron chi connectivity index (χ4n) is 2.43. The second-order valence-electron chi connectivity index (χ2n) is 5.25. The Hall–Kier alpha value is -1.31. The van der Waals surface area contributed by atoms with Gasteiger partial charge < -0.3 is 5.73 Å². The lowest BCUT2D eigenvalue weighted by molar-refractivity contribution is 0.434. The van der Waals surface area contributed by atoms with Crippen LogP contribution in [0.5, 0.6) is 0 Å². The molecule has 0 aromatic heterocycles. The van der Waals surface area contributed by atoms with E-state index in [-0.39, 0.29) is 0 Å². The molecule has 0 aliphatic carbocycles. The average molecular weight is 259 g/mol. The van der Waals surface area contributed by atoms with E-state index in [4.69, 9.17) is 11.1 Å². The molecule has 1 unspecified atom stereocenters. The molecule has 0 heterocycles. The monoisotopic (exact) mass is 259 g/mol. The molecule has 3 N–H and O–H groups in total. The Labute approximate surface area is 117 Å². The highest BCUT2D eigenvalue weighted by atomic mass is 14.7. The molecule has 0 aliphatic rings.